The van der Waals surface area contributed by atoms with Crippen LogP contribution >= 0.6 is 0 Å². The summed E-state index contributed by atoms with van der Waals surface area (Å²) in [5.74, 6) is 0. The van der Waals surface area contributed by atoms with Crippen molar-refractivity contribution in [1.82, 2.24) is 5.32 Å². The minimum absolute atomic E-state index is 0.520. The maximum Gasteiger partial charge on any atom is 0.0244 e. The summed E-state index contributed by atoms with van der Waals surface area (Å²) in [6, 6.07) is 0.520. The maximum absolute atomic E-state index is 3.80. The van der Waals surface area contributed by atoms with Crippen molar-refractivity contribution in [1.29, 1.82) is 0 Å². The molecule has 0 radical (unpaired) electrons. The van der Waals surface area contributed by atoms with E-state index in [1.807, 2.05) is 13.1 Å². The van der Waals surface area contributed by atoms with Gasteiger partial charge in [-0.3, -0.25) is 0 Å². The molecule has 0 aromatic rings. The molecule has 78 valence electrons. The van der Waals surface area contributed by atoms with Crippen molar-refractivity contribution in [2.75, 3.05) is 7.05 Å². The second-order valence-corrected chi connectivity index (χ2v) is 3.69. The zero-order valence-corrected chi connectivity index (χ0v) is 9.31. The Labute approximate surface area is 83.6 Å². The zero-order chi connectivity index (χ0) is 9.94. The van der Waals surface area contributed by atoms with E-state index in [4.69, 9.17) is 0 Å². The van der Waals surface area contributed by atoms with Crippen molar-refractivity contribution in [3.05, 3.63) is 12.7 Å². The van der Waals surface area contributed by atoms with E-state index in [2.05, 4.69) is 18.8 Å². The van der Waals surface area contributed by atoms with E-state index in [1.54, 1.807) is 0 Å². The highest BCUT2D eigenvalue weighted by Crippen LogP contribution is 2.08. The highest BCUT2D eigenvalue weighted by Gasteiger charge is 1.98. The van der Waals surface area contributed by atoms with Crippen LogP contribution in [0.15, 0.2) is 12.7 Å². The van der Waals surface area contributed by atoms with Crippen LogP contribution in [0.5, 0.6) is 0 Å². The minimum atomic E-state index is 0.520. The monoisotopic (exact) mass is 183 g/mol. The Morgan fingerprint density at radius 3 is 2.31 bits per heavy atom. The highest BCUT2D eigenvalue weighted by molar-refractivity contribution is 4.83. The molecule has 1 nitrogen and oxygen atoms in total. The first-order valence-electron chi connectivity index (χ1n) is 5.65. The fourth-order valence-corrected chi connectivity index (χ4v) is 1.52. The average Bonchev–Trinajstić information content (AvgIpc) is 2.17. The van der Waals surface area contributed by atoms with Gasteiger partial charge < -0.3 is 5.32 Å². The molecule has 0 amide bonds. The van der Waals surface area contributed by atoms with Crippen LogP contribution in [0, 0.1) is 0 Å². The van der Waals surface area contributed by atoms with Gasteiger partial charge in [0.15, 0.2) is 0 Å². The van der Waals surface area contributed by atoms with Gasteiger partial charge in [-0.15, -0.1) is 6.58 Å². The number of unbranched alkanes of at least 4 members (excludes halogenated alkanes) is 5. The van der Waals surface area contributed by atoms with Crippen molar-refractivity contribution in [2.24, 2.45) is 0 Å². The van der Waals surface area contributed by atoms with Crippen LogP contribution in [0.1, 0.15) is 51.9 Å². The van der Waals surface area contributed by atoms with Gasteiger partial charge in [-0.2, -0.15) is 0 Å². The summed E-state index contributed by atoms with van der Waals surface area (Å²) >= 11 is 0. The molecule has 1 heteroatoms. The first-order valence-corrected chi connectivity index (χ1v) is 5.65. The molecule has 0 saturated carbocycles. The van der Waals surface area contributed by atoms with Gasteiger partial charge >= 0.3 is 0 Å². The van der Waals surface area contributed by atoms with Crippen LogP contribution in [0.2, 0.25) is 0 Å². The SMILES string of the molecule is C=CC(CCCCCCCC)NC. The van der Waals surface area contributed by atoms with Crippen LogP contribution < -0.4 is 5.32 Å². The van der Waals surface area contributed by atoms with Crippen LogP contribution in [0.4, 0.5) is 0 Å². The Hall–Kier alpha value is -0.300. The van der Waals surface area contributed by atoms with Crippen molar-refractivity contribution in [3.63, 3.8) is 0 Å². The molecule has 0 rings (SSSR count). The molecule has 1 N–H and O–H groups in total. The molecule has 0 aromatic carbocycles. The van der Waals surface area contributed by atoms with Crippen LogP contribution in [0.3, 0.4) is 0 Å². The Bertz CT molecular complexity index is 110. The molecule has 0 aromatic heterocycles. The predicted molar refractivity (Wildman–Crippen MR) is 61.0 cm³/mol. The van der Waals surface area contributed by atoms with E-state index in [9.17, 15) is 0 Å². The summed E-state index contributed by atoms with van der Waals surface area (Å²) in [7, 11) is 2.00. The van der Waals surface area contributed by atoms with Crippen molar-refractivity contribution >= 4 is 0 Å². The van der Waals surface area contributed by atoms with Crippen LogP contribution in [-0.4, -0.2) is 13.1 Å². The second kappa shape index (κ2) is 9.79. The number of likely N-dealkylation sites (N-methyl/N-ethyl adjacent to an activating group) is 1. The van der Waals surface area contributed by atoms with Crippen LogP contribution in [-0.2, 0) is 0 Å². The molecule has 0 saturated heterocycles. The van der Waals surface area contributed by atoms with E-state index < -0.39 is 0 Å². The van der Waals surface area contributed by atoms with Gasteiger partial charge in [-0.1, -0.05) is 51.5 Å². The third-order valence-electron chi connectivity index (χ3n) is 2.52. The third-order valence-corrected chi connectivity index (χ3v) is 2.52. The lowest BCUT2D eigenvalue weighted by molar-refractivity contribution is 0.537. The smallest absolute Gasteiger partial charge is 0.0244 e. The molecule has 0 bridgehead atoms. The van der Waals surface area contributed by atoms with E-state index in [-0.39, 0.29) is 0 Å². The molecule has 0 aliphatic carbocycles. The summed E-state index contributed by atoms with van der Waals surface area (Å²) in [5.41, 5.74) is 0. The standard InChI is InChI=1S/C12H25N/c1-4-6-7-8-9-10-11-12(5-2)13-3/h5,12-13H,2,4,6-11H2,1,3H3. The molecule has 1 atom stereocenters. The van der Waals surface area contributed by atoms with Gasteiger partial charge in [0.25, 0.3) is 0 Å². The van der Waals surface area contributed by atoms with Crippen molar-refractivity contribution in [3.8, 4) is 0 Å². The van der Waals surface area contributed by atoms with Gasteiger partial charge in [-0.05, 0) is 13.5 Å². The molecule has 0 fully saturated rings. The van der Waals surface area contributed by atoms with E-state index in [0.29, 0.717) is 6.04 Å². The Morgan fingerprint density at radius 2 is 1.77 bits per heavy atom. The van der Waals surface area contributed by atoms with Gasteiger partial charge in [0.1, 0.15) is 0 Å². The van der Waals surface area contributed by atoms with Gasteiger partial charge in [0.2, 0.25) is 0 Å². The average molecular weight is 183 g/mol. The molecular formula is C12H25N. The van der Waals surface area contributed by atoms with E-state index in [1.165, 1.54) is 44.9 Å². The topological polar surface area (TPSA) is 12.0 Å². The molecule has 0 aliphatic heterocycles. The lowest BCUT2D eigenvalue weighted by atomic mass is 10.1. The Morgan fingerprint density at radius 1 is 1.15 bits per heavy atom. The van der Waals surface area contributed by atoms with Gasteiger partial charge in [-0.25, -0.2) is 0 Å². The highest BCUT2D eigenvalue weighted by atomic mass is 14.8. The zero-order valence-electron chi connectivity index (χ0n) is 9.31. The van der Waals surface area contributed by atoms with Gasteiger partial charge in [0.05, 0.1) is 0 Å². The summed E-state index contributed by atoms with van der Waals surface area (Å²) in [6.07, 6.45) is 11.5. The molecular weight excluding hydrogens is 158 g/mol. The van der Waals surface area contributed by atoms with Crippen LogP contribution in [0.25, 0.3) is 0 Å². The first kappa shape index (κ1) is 12.7. The fraction of sp³-hybridized carbons (Fsp3) is 0.833. The number of nitrogens with one attached hydrogen (secondary N) is 1. The Kier molecular flexibility index (Phi) is 9.56. The summed E-state index contributed by atoms with van der Waals surface area (Å²) in [6.45, 7) is 6.06. The van der Waals surface area contributed by atoms with Crippen molar-refractivity contribution < 1.29 is 0 Å². The summed E-state index contributed by atoms with van der Waals surface area (Å²) < 4.78 is 0. The number of rotatable bonds is 9. The number of hydrogen-bond donors (Lipinski definition) is 1. The molecule has 1 unspecified atom stereocenters. The second-order valence-electron chi connectivity index (χ2n) is 3.69. The molecule has 0 heterocycles. The lowest BCUT2D eigenvalue weighted by Crippen LogP contribution is -2.21. The lowest BCUT2D eigenvalue weighted by Gasteiger charge is -2.10. The van der Waals surface area contributed by atoms with E-state index in [0.717, 1.165) is 0 Å². The maximum atomic E-state index is 3.80. The molecule has 0 aliphatic rings. The van der Waals surface area contributed by atoms with Gasteiger partial charge in [0, 0.05) is 6.04 Å². The molecule has 13 heavy (non-hydrogen) atoms. The largest absolute Gasteiger partial charge is 0.314 e. The quantitative estimate of drug-likeness (QED) is 0.426. The molecule has 0 spiro atoms. The van der Waals surface area contributed by atoms with E-state index >= 15 is 0 Å². The number of hydrogen-bond acceptors (Lipinski definition) is 1. The Balaban J connectivity index is 3.10. The van der Waals surface area contributed by atoms with Crippen molar-refractivity contribution in [2.45, 2.75) is 57.9 Å². The fourth-order valence-electron chi connectivity index (χ4n) is 1.52. The normalized spacial score (nSPS) is 12.8. The third kappa shape index (κ3) is 8.04. The minimum Gasteiger partial charge on any atom is -0.314 e. The summed E-state index contributed by atoms with van der Waals surface area (Å²) in [4.78, 5) is 0. The first-order chi connectivity index (χ1) is 6.35. The summed E-state index contributed by atoms with van der Waals surface area (Å²) in [5, 5.41) is 3.24. The predicted octanol–water partition coefficient (Wildman–Crippen LogP) is 3.51.